The number of esters is 2. The van der Waals surface area contributed by atoms with Crippen molar-refractivity contribution in [1.82, 2.24) is 4.90 Å². The van der Waals surface area contributed by atoms with Gasteiger partial charge in [-0.2, -0.15) is 5.26 Å². The third-order valence-electron chi connectivity index (χ3n) is 4.63. The van der Waals surface area contributed by atoms with Gasteiger partial charge in [-0.3, -0.25) is 0 Å². The predicted octanol–water partition coefficient (Wildman–Crippen LogP) is 3.21. The zero-order chi connectivity index (χ0) is 21.0. The highest BCUT2D eigenvalue weighted by molar-refractivity contribution is 6.00. The molecule has 1 aliphatic rings. The smallest absolute Gasteiger partial charge is 0.337 e. The number of ether oxygens (including phenoxy) is 2. The summed E-state index contributed by atoms with van der Waals surface area (Å²) in [6.45, 7) is 4.19. The van der Waals surface area contributed by atoms with Crippen molar-refractivity contribution in [3.8, 4) is 6.07 Å². The monoisotopic (exact) mass is 386 g/mol. The summed E-state index contributed by atoms with van der Waals surface area (Å²) in [6, 6.07) is 8.56. The lowest BCUT2D eigenvalue weighted by molar-refractivity contribution is -0.143. The van der Waals surface area contributed by atoms with Crippen molar-refractivity contribution in [3.05, 3.63) is 57.9 Å². The highest BCUT2D eigenvalue weighted by atomic mass is 19.1. The summed E-state index contributed by atoms with van der Waals surface area (Å²) >= 11 is 0. The Kier molecular flexibility index (Phi) is 6.57. The van der Waals surface area contributed by atoms with Crippen molar-refractivity contribution in [2.45, 2.75) is 32.8 Å². The van der Waals surface area contributed by atoms with E-state index in [4.69, 9.17) is 9.47 Å². The van der Waals surface area contributed by atoms with E-state index in [0.29, 0.717) is 16.8 Å². The standard InChI is InChI=1S/C21H23FN2O4/c1-12(2)28-21(26)17-13(3)24(4)16(10-22)19(20(25)27-5)18(17)15-8-6-7-14(9-15)11-23/h6-9,12,18H,10H2,1-5H3. The number of hydrogen-bond donors (Lipinski definition) is 0. The summed E-state index contributed by atoms with van der Waals surface area (Å²) in [5.74, 6) is -2.26. The van der Waals surface area contributed by atoms with Crippen molar-refractivity contribution in [1.29, 1.82) is 5.26 Å². The third kappa shape index (κ3) is 3.91. The van der Waals surface area contributed by atoms with E-state index in [-0.39, 0.29) is 22.9 Å². The molecule has 0 aromatic heterocycles. The van der Waals surface area contributed by atoms with Gasteiger partial charge in [0.05, 0.1) is 47.6 Å². The number of allylic oxidation sites excluding steroid dienone is 2. The lowest BCUT2D eigenvalue weighted by Crippen LogP contribution is -2.35. The highest BCUT2D eigenvalue weighted by Gasteiger charge is 2.41. The Morgan fingerprint density at radius 2 is 1.96 bits per heavy atom. The molecule has 0 saturated heterocycles. The van der Waals surface area contributed by atoms with Crippen LogP contribution in [-0.4, -0.2) is 43.8 Å². The lowest BCUT2D eigenvalue weighted by atomic mass is 9.79. The molecule has 0 spiro atoms. The van der Waals surface area contributed by atoms with E-state index in [0.717, 1.165) is 0 Å². The second kappa shape index (κ2) is 8.70. The molecule has 0 bridgehead atoms. The Hall–Kier alpha value is -3.14. The van der Waals surface area contributed by atoms with Crippen LogP contribution in [0.3, 0.4) is 0 Å². The van der Waals surface area contributed by atoms with E-state index in [1.54, 1.807) is 52.1 Å². The fourth-order valence-electron chi connectivity index (χ4n) is 3.26. The largest absolute Gasteiger partial charge is 0.466 e. The van der Waals surface area contributed by atoms with Crippen LogP contribution in [0.25, 0.3) is 0 Å². The molecule has 0 saturated carbocycles. The van der Waals surface area contributed by atoms with Gasteiger partial charge in [0.15, 0.2) is 0 Å². The number of nitrogens with zero attached hydrogens (tertiary/aromatic N) is 2. The minimum Gasteiger partial charge on any atom is -0.466 e. The van der Waals surface area contributed by atoms with Gasteiger partial charge < -0.3 is 14.4 Å². The number of nitriles is 1. The first-order chi connectivity index (χ1) is 13.3. The molecule has 0 N–H and O–H groups in total. The summed E-state index contributed by atoms with van der Waals surface area (Å²) in [5, 5.41) is 9.24. The molecule has 1 atom stereocenters. The summed E-state index contributed by atoms with van der Waals surface area (Å²) in [4.78, 5) is 27.0. The second-order valence-corrected chi connectivity index (χ2v) is 6.67. The van der Waals surface area contributed by atoms with Crippen LogP contribution in [-0.2, 0) is 19.1 Å². The molecule has 0 radical (unpaired) electrons. The van der Waals surface area contributed by atoms with Gasteiger partial charge >= 0.3 is 11.9 Å². The highest BCUT2D eigenvalue weighted by Crippen LogP contribution is 2.42. The van der Waals surface area contributed by atoms with Gasteiger partial charge in [0.2, 0.25) is 0 Å². The van der Waals surface area contributed by atoms with Gasteiger partial charge in [-0.05, 0) is 38.5 Å². The zero-order valence-corrected chi connectivity index (χ0v) is 16.6. The van der Waals surface area contributed by atoms with Gasteiger partial charge in [-0.1, -0.05) is 12.1 Å². The number of methoxy groups -OCH3 is 1. The van der Waals surface area contributed by atoms with Gasteiger partial charge in [-0.25, -0.2) is 14.0 Å². The average molecular weight is 386 g/mol. The number of rotatable bonds is 5. The zero-order valence-electron chi connectivity index (χ0n) is 16.6. The number of benzene rings is 1. The first-order valence-corrected chi connectivity index (χ1v) is 8.79. The average Bonchev–Trinajstić information content (AvgIpc) is 2.68. The van der Waals surface area contributed by atoms with Crippen LogP contribution in [0, 0.1) is 11.3 Å². The van der Waals surface area contributed by atoms with Gasteiger partial charge in [-0.15, -0.1) is 0 Å². The van der Waals surface area contributed by atoms with Crippen LogP contribution in [0.5, 0.6) is 0 Å². The molecule has 1 aromatic carbocycles. The SMILES string of the molecule is COC(=O)C1=C(CF)N(C)C(C)=C(C(=O)OC(C)C)C1c1cccc(C#N)c1. The van der Waals surface area contributed by atoms with E-state index >= 15 is 0 Å². The summed E-state index contributed by atoms with van der Waals surface area (Å²) in [5.41, 5.74) is 1.68. The van der Waals surface area contributed by atoms with Crippen molar-refractivity contribution in [3.63, 3.8) is 0 Å². The molecule has 28 heavy (non-hydrogen) atoms. The maximum Gasteiger partial charge on any atom is 0.337 e. The Labute approximate surface area is 163 Å². The number of hydrogen-bond acceptors (Lipinski definition) is 6. The Balaban J connectivity index is 2.80. The predicted molar refractivity (Wildman–Crippen MR) is 101 cm³/mol. The minimum absolute atomic E-state index is 0.0175. The molecule has 1 aromatic rings. The molecule has 6 nitrogen and oxygen atoms in total. The van der Waals surface area contributed by atoms with E-state index < -0.39 is 24.5 Å². The molecular weight excluding hydrogens is 363 g/mol. The van der Waals surface area contributed by atoms with E-state index in [2.05, 4.69) is 0 Å². The maximum absolute atomic E-state index is 13.9. The van der Waals surface area contributed by atoms with Crippen molar-refractivity contribution >= 4 is 11.9 Å². The third-order valence-corrected chi connectivity index (χ3v) is 4.63. The van der Waals surface area contributed by atoms with Crippen LogP contribution in [0.2, 0.25) is 0 Å². The first kappa shape index (κ1) is 21.2. The van der Waals surface area contributed by atoms with Gasteiger partial charge in [0.1, 0.15) is 6.67 Å². The van der Waals surface area contributed by atoms with Crippen LogP contribution in [0.4, 0.5) is 4.39 Å². The van der Waals surface area contributed by atoms with E-state index in [1.807, 2.05) is 6.07 Å². The summed E-state index contributed by atoms with van der Waals surface area (Å²) in [7, 11) is 2.78. The molecule has 0 aliphatic carbocycles. The van der Waals surface area contributed by atoms with Crippen molar-refractivity contribution in [2.24, 2.45) is 0 Å². The topological polar surface area (TPSA) is 79.6 Å². The van der Waals surface area contributed by atoms with Crippen LogP contribution in [0.15, 0.2) is 46.8 Å². The van der Waals surface area contributed by atoms with Crippen LogP contribution in [0.1, 0.15) is 37.8 Å². The number of carbonyl (C=O) groups excluding carboxylic acids is 2. The Morgan fingerprint density at radius 1 is 1.29 bits per heavy atom. The molecular formula is C21H23FN2O4. The van der Waals surface area contributed by atoms with E-state index in [9.17, 15) is 19.2 Å². The quantitative estimate of drug-likeness (QED) is 0.723. The second-order valence-electron chi connectivity index (χ2n) is 6.67. The molecule has 2 rings (SSSR count). The fraction of sp³-hybridized carbons (Fsp3) is 0.381. The number of carbonyl (C=O) groups is 2. The van der Waals surface area contributed by atoms with Gasteiger partial charge in [0.25, 0.3) is 0 Å². The molecule has 1 heterocycles. The Bertz CT molecular complexity index is 896. The molecule has 1 unspecified atom stereocenters. The first-order valence-electron chi connectivity index (χ1n) is 8.79. The molecule has 0 amide bonds. The minimum atomic E-state index is -0.917. The Morgan fingerprint density at radius 3 is 2.50 bits per heavy atom. The summed E-state index contributed by atoms with van der Waals surface area (Å²) < 4.78 is 24.2. The lowest BCUT2D eigenvalue weighted by Gasteiger charge is -2.36. The normalized spacial score (nSPS) is 16.9. The van der Waals surface area contributed by atoms with Gasteiger partial charge in [0, 0.05) is 12.7 Å². The van der Waals surface area contributed by atoms with Crippen LogP contribution < -0.4 is 0 Å². The van der Waals surface area contributed by atoms with Crippen molar-refractivity contribution in [2.75, 3.05) is 20.8 Å². The van der Waals surface area contributed by atoms with E-state index in [1.165, 1.54) is 12.0 Å². The number of halogens is 1. The molecule has 0 fully saturated rings. The fourth-order valence-corrected chi connectivity index (χ4v) is 3.26. The molecule has 7 heteroatoms. The summed E-state index contributed by atoms with van der Waals surface area (Å²) in [6.07, 6.45) is -0.377. The molecule has 148 valence electrons. The molecule has 1 aliphatic heterocycles. The maximum atomic E-state index is 13.9. The van der Waals surface area contributed by atoms with Crippen LogP contribution >= 0.6 is 0 Å². The number of alkyl halides is 1. The van der Waals surface area contributed by atoms with Crippen molar-refractivity contribution < 1.29 is 23.5 Å².